The zero-order valence-corrected chi connectivity index (χ0v) is 23.1. The number of ether oxygens (including phenoxy) is 2. The molecule has 1 aliphatic heterocycles. The molecule has 2 aromatic carbocycles. The van der Waals surface area contributed by atoms with E-state index in [2.05, 4.69) is 36.4 Å². The van der Waals surface area contributed by atoms with Gasteiger partial charge in [0.1, 0.15) is 17.8 Å². The Morgan fingerprint density at radius 1 is 1.14 bits per heavy atom. The molecule has 0 spiro atoms. The Hall–Kier alpha value is -5.16. The van der Waals surface area contributed by atoms with Crippen molar-refractivity contribution in [2.24, 2.45) is 0 Å². The highest BCUT2D eigenvalue weighted by atomic mass is 19.1. The van der Waals surface area contributed by atoms with E-state index in [9.17, 15) is 4.79 Å². The fourth-order valence-corrected chi connectivity index (χ4v) is 5.06. The topological polar surface area (TPSA) is 130 Å². The highest BCUT2D eigenvalue weighted by molar-refractivity contribution is 6.08. The van der Waals surface area contributed by atoms with Crippen LogP contribution in [0.25, 0.3) is 33.4 Å². The molecule has 0 radical (unpaired) electrons. The zero-order valence-electron chi connectivity index (χ0n) is 23.1. The molecule has 5 aromatic rings. The predicted molar refractivity (Wildman–Crippen MR) is 158 cm³/mol. The van der Waals surface area contributed by atoms with Crippen molar-refractivity contribution in [2.75, 3.05) is 24.3 Å². The van der Waals surface area contributed by atoms with Crippen LogP contribution in [0.1, 0.15) is 25.1 Å². The second kappa shape index (κ2) is 11.0. The van der Waals surface area contributed by atoms with Crippen molar-refractivity contribution < 1.29 is 18.7 Å². The molecule has 0 bridgehead atoms. The summed E-state index contributed by atoms with van der Waals surface area (Å²) in [5, 5.41) is 3.43. The van der Waals surface area contributed by atoms with Crippen molar-refractivity contribution in [3.63, 3.8) is 0 Å². The van der Waals surface area contributed by atoms with E-state index < -0.39 is 5.82 Å². The summed E-state index contributed by atoms with van der Waals surface area (Å²) in [5.41, 5.74) is 11.6. The Balaban J connectivity index is 1.52. The first kappa shape index (κ1) is 27.0. The smallest absolute Gasteiger partial charge is 0.322 e. The zero-order chi connectivity index (χ0) is 29.4. The number of carbonyl (C=O) groups is 1. The molecule has 1 unspecified atom stereocenters. The minimum Gasteiger partial charge on any atom is -0.421 e. The van der Waals surface area contributed by atoms with Gasteiger partial charge in [0.2, 0.25) is 0 Å². The minimum atomic E-state index is -0.595. The van der Waals surface area contributed by atoms with Crippen LogP contribution in [-0.4, -0.2) is 43.6 Å². The molecule has 212 valence electrons. The maximum absolute atomic E-state index is 15.6. The fraction of sp³-hybridized carbons (Fsp3) is 0.194. The normalized spacial score (nSPS) is 14.7. The van der Waals surface area contributed by atoms with Gasteiger partial charge in [-0.15, -0.1) is 0 Å². The van der Waals surface area contributed by atoms with E-state index in [-0.39, 0.29) is 29.5 Å². The molecule has 4 heterocycles. The molecule has 6 rings (SSSR count). The number of carbonyl (C=O) groups excluding carboxylic acids is 1. The molecule has 10 nitrogen and oxygen atoms in total. The predicted octanol–water partition coefficient (Wildman–Crippen LogP) is 5.85. The first-order valence-electron chi connectivity index (χ1n) is 13.4. The molecule has 1 aliphatic rings. The summed E-state index contributed by atoms with van der Waals surface area (Å²) in [7, 11) is 0. The number of nitrogens with zero attached hydrogens (tertiary/aromatic N) is 5. The summed E-state index contributed by atoms with van der Waals surface area (Å²) in [5.74, 6) is -0.603. The molecule has 1 fully saturated rings. The van der Waals surface area contributed by atoms with E-state index in [1.54, 1.807) is 32.2 Å². The first-order valence-corrected chi connectivity index (χ1v) is 13.4. The second-order valence-electron chi connectivity index (χ2n) is 10.1. The van der Waals surface area contributed by atoms with E-state index >= 15 is 4.39 Å². The van der Waals surface area contributed by atoms with Crippen LogP contribution < -0.4 is 15.8 Å². The Morgan fingerprint density at radius 2 is 1.93 bits per heavy atom. The SMILES string of the molecule is C=C(C)C(=O)Nc1ccc(-c2c(-c3ccc(Oc4nccc(C)n4)c(F)c3)c3c(N)ncnc3n2C2CCOC2)cc1. The van der Waals surface area contributed by atoms with Gasteiger partial charge in [0.25, 0.3) is 5.91 Å². The van der Waals surface area contributed by atoms with Crippen molar-refractivity contribution in [3.05, 3.63) is 84.7 Å². The Bertz CT molecular complexity index is 1830. The molecule has 42 heavy (non-hydrogen) atoms. The van der Waals surface area contributed by atoms with Crippen LogP contribution in [0.2, 0.25) is 0 Å². The van der Waals surface area contributed by atoms with Gasteiger partial charge in [-0.05, 0) is 61.7 Å². The van der Waals surface area contributed by atoms with Crippen molar-refractivity contribution >= 4 is 28.4 Å². The Labute approximate surface area is 241 Å². The van der Waals surface area contributed by atoms with Gasteiger partial charge in [0, 0.05) is 35.3 Å². The Morgan fingerprint density at radius 3 is 2.62 bits per heavy atom. The number of halogens is 1. The van der Waals surface area contributed by atoms with Crippen molar-refractivity contribution in [2.45, 2.75) is 26.3 Å². The van der Waals surface area contributed by atoms with E-state index in [1.807, 2.05) is 24.3 Å². The summed E-state index contributed by atoms with van der Waals surface area (Å²) in [6.07, 6.45) is 3.74. The number of anilines is 2. The Kier molecular flexibility index (Phi) is 7.09. The van der Waals surface area contributed by atoms with Gasteiger partial charge in [-0.3, -0.25) is 4.79 Å². The number of nitrogens with two attached hydrogens (primary N) is 1. The van der Waals surface area contributed by atoms with Gasteiger partial charge in [-0.2, -0.15) is 0 Å². The average molecular weight is 566 g/mol. The largest absolute Gasteiger partial charge is 0.421 e. The molecule has 11 heteroatoms. The standard InChI is InChI=1S/C31H28FN7O3/c1-17(2)30(40)38-21-7-4-19(5-8-21)27-25(26-28(33)35-16-36-29(26)39(27)22-11-13-41-15-22)20-6-9-24(23(32)14-20)42-31-34-12-10-18(3)37-31/h4-10,12,14,16,22H,1,11,13,15H2,2-3H3,(H,38,40)(H2,33,35,36). The number of fused-ring (bicyclic) bond motifs is 1. The van der Waals surface area contributed by atoms with Gasteiger partial charge >= 0.3 is 6.01 Å². The van der Waals surface area contributed by atoms with Crippen LogP contribution in [-0.2, 0) is 9.53 Å². The lowest BCUT2D eigenvalue weighted by atomic mass is 9.98. The van der Waals surface area contributed by atoms with Crippen LogP contribution in [0.3, 0.4) is 0 Å². The van der Waals surface area contributed by atoms with Crippen LogP contribution in [0.15, 0.2) is 73.2 Å². The summed E-state index contributed by atoms with van der Waals surface area (Å²) >= 11 is 0. The summed E-state index contributed by atoms with van der Waals surface area (Å²) in [6, 6.07) is 13.8. The third-order valence-electron chi connectivity index (χ3n) is 7.08. The maximum Gasteiger partial charge on any atom is 0.322 e. The molecule has 0 saturated carbocycles. The molecule has 1 saturated heterocycles. The molecule has 3 aromatic heterocycles. The number of rotatable bonds is 7. The van der Waals surface area contributed by atoms with Crippen LogP contribution in [0, 0.1) is 12.7 Å². The second-order valence-corrected chi connectivity index (χ2v) is 10.1. The molecule has 1 atom stereocenters. The summed E-state index contributed by atoms with van der Waals surface area (Å²) in [4.78, 5) is 29.3. The van der Waals surface area contributed by atoms with Gasteiger partial charge in [-0.1, -0.05) is 24.8 Å². The van der Waals surface area contributed by atoms with Gasteiger partial charge < -0.3 is 25.1 Å². The third kappa shape index (κ3) is 5.06. The molecule has 3 N–H and O–H groups in total. The first-order chi connectivity index (χ1) is 20.3. The van der Waals surface area contributed by atoms with Crippen LogP contribution in [0.5, 0.6) is 11.8 Å². The number of hydrogen-bond acceptors (Lipinski definition) is 8. The number of hydrogen-bond donors (Lipinski definition) is 2. The number of aryl methyl sites for hydroxylation is 1. The van der Waals surface area contributed by atoms with Crippen molar-refractivity contribution in [3.8, 4) is 34.1 Å². The van der Waals surface area contributed by atoms with Crippen molar-refractivity contribution in [1.29, 1.82) is 0 Å². The van der Waals surface area contributed by atoms with E-state index in [4.69, 9.17) is 15.2 Å². The van der Waals surface area contributed by atoms with Crippen LogP contribution >= 0.6 is 0 Å². The molecule has 1 amide bonds. The monoisotopic (exact) mass is 565 g/mol. The average Bonchev–Trinajstić information content (AvgIpc) is 3.61. The van der Waals surface area contributed by atoms with E-state index in [1.165, 1.54) is 18.5 Å². The fourth-order valence-electron chi connectivity index (χ4n) is 5.06. The third-order valence-corrected chi connectivity index (χ3v) is 7.08. The highest BCUT2D eigenvalue weighted by Crippen LogP contribution is 2.45. The number of amides is 1. The molecular formula is C31H28FN7O3. The lowest BCUT2D eigenvalue weighted by Gasteiger charge is -2.18. The van der Waals surface area contributed by atoms with Crippen LogP contribution in [0.4, 0.5) is 15.9 Å². The number of nitrogens with one attached hydrogen (secondary N) is 1. The minimum absolute atomic E-state index is 0.0133. The van der Waals surface area contributed by atoms with E-state index in [0.29, 0.717) is 52.3 Å². The number of benzene rings is 2. The summed E-state index contributed by atoms with van der Waals surface area (Å²) < 4.78 is 29.1. The lowest BCUT2D eigenvalue weighted by molar-refractivity contribution is -0.112. The van der Waals surface area contributed by atoms with Gasteiger partial charge in [-0.25, -0.2) is 24.3 Å². The quantitative estimate of drug-likeness (QED) is 0.235. The van der Waals surface area contributed by atoms with Crippen molar-refractivity contribution in [1.82, 2.24) is 24.5 Å². The van der Waals surface area contributed by atoms with E-state index in [0.717, 1.165) is 17.7 Å². The van der Waals surface area contributed by atoms with Gasteiger partial charge in [0.05, 0.1) is 23.7 Å². The summed E-state index contributed by atoms with van der Waals surface area (Å²) in [6.45, 7) is 8.23. The molecular weight excluding hydrogens is 537 g/mol. The lowest BCUT2D eigenvalue weighted by Crippen LogP contribution is -2.12. The number of nitrogen functional groups attached to an aromatic ring is 1. The number of aromatic nitrogens is 5. The molecule has 0 aliphatic carbocycles. The maximum atomic E-state index is 15.6. The van der Waals surface area contributed by atoms with Gasteiger partial charge in [0.15, 0.2) is 11.6 Å². The highest BCUT2D eigenvalue weighted by Gasteiger charge is 2.30.